The molecule has 7 heteroatoms. The number of ether oxygens (including phenoxy) is 1. The largest absolute Gasteiger partial charge is 0.479 e. The average Bonchev–Trinajstić information content (AvgIpc) is 2.37. The number of hydrogen-bond acceptors (Lipinski definition) is 4. The van der Waals surface area contributed by atoms with E-state index in [0.29, 0.717) is 11.3 Å². The van der Waals surface area contributed by atoms with Crippen LogP contribution in [0.15, 0.2) is 24.3 Å². The van der Waals surface area contributed by atoms with Crippen molar-refractivity contribution < 1.29 is 24.2 Å². The molecule has 108 valence electrons. The molecule has 2 amide bonds. The molecule has 1 atom stereocenters. The van der Waals surface area contributed by atoms with Gasteiger partial charge in [0, 0.05) is 12.6 Å². The zero-order chi connectivity index (χ0) is 15.1. The topological polar surface area (TPSA) is 105 Å². The lowest BCUT2D eigenvalue weighted by atomic mass is 10.1. The van der Waals surface area contributed by atoms with E-state index in [2.05, 4.69) is 10.6 Å². The van der Waals surface area contributed by atoms with Gasteiger partial charge in [0.15, 0.2) is 6.04 Å². The van der Waals surface area contributed by atoms with Crippen LogP contribution in [-0.4, -0.2) is 29.7 Å². The number of anilines is 1. The van der Waals surface area contributed by atoms with E-state index in [1.165, 1.54) is 31.2 Å². The van der Waals surface area contributed by atoms with Crippen LogP contribution in [0.2, 0.25) is 0 Å². The number of hydrogen-bond donors (Lipinski definition) is 3. The fraction of sp³-hybridized carbons (Fsp3) is 0.308. The van der Waals surface area contributed by atoms with Gasteiger partial charge in [-0.25, -0.2) is 9.59 Å². The van der Waals surface area contributed by atoms with Crippen LogP contribution in [0.25, 0.3) is 0 Å². The lowest BCUT2D eigenvalue weighted by molar-refractivity contribution is -0.141. The van der Waals surface area contributed by atoms with Crippen molar-refractivity contribution in [1.29, 1.82) is 0 Å². The lowest BCUT2D eigenvalue weighted by Crippen LogP contribution is -2.31. The van der Waals surface area contributed by atoms with Crippen LogP contribution in [-0.2, 0) is 14.3 Å². The van der Waals surface area contributed by atoms with Crippen LogP contribution in [0.3, 0.4) is 0 Å². The van der Waals surface area contributed by atoms with E-state index in [1.54, 1.807) is 6.92 Å². The van der Waals surface area contributed by atoms with Gasteiger partial charge in [0.05, 0.1) is 6.61 Å². The van der Waals surface area contributed by atoms with Crippen LogP contribution < -0.4 is 10.6 Å². The molecule has 7 nitrogen and oxygen atoms in total. The number of carboxylic acids is 1. The third-order valence-electron chi connectivity index (χ3n) is 2.36. The monoisotopic (exact) mass is 280 g/mol. The Hall–Kier alpha value is -2.57. The molecule has 0 spiro atoms. The molecule has 0 aliphatic heterocycles. The number of carboxylic acid groups (broad SMARTS) is 1. The average molecular weight is 280 g/mol. The van der Waals surface area contributed by atoms with Crippen LogP contribution in [0, 0.1) is 0 Å². The highest BCUT2D eigenvalue weighted by atomic mass is 16.5. The molecule has 0 heterocycles. The fourth-order valence-corrected chi connectivity index (χ4v) is 1.53. The van der Waals surface area contributed by atoms with Crippen molar-refractivity contribution in [3.63, 3.8) is 0 Å². The minimum absolute atomic E-state index is 0.257. The Morgan fingerprint density at radius 1 is 1.25 bits per heavy atom. The molecule has 0 fully saturated rings. The van der Waals surface area contributed by atoms with Gasteiger partial charge in [-0.15, -0.1) is 0 Å². The predicted molar refractivity (Wildman–Crippen MR) is 71.3 cm³/mol. The van der Waals surface area contributed by atoms with Gasteiger partial charge < -0.3 is 15.2 Å². The summed E-state index contributed by atoms with van der Waals surface area (Å²) in [6, 6.07) is 4.96. The van der Waals surface area contributed by atoms with Crippen LogP contribution in [0.1, 0.15) is 25.5 Å². The molecule has 0 aliphatic rings. The number of amides is 2. The number of benzene rings is 1. The Morgan fingerprint density at radius 2 is 1.85 bits per heavy atom. The Morgan fingerprint density at radius 3 is 2.30 bits per heavy atom. The molecule has 0 aliphatic carbocycles. The first-order valence-electron chi connectivity index (χ1n) is 5.97. The second kappa shape index (κ2) is 7.13. The Labute approximate surface area is 115 Å². The normalized spacial score (nSPS) is 11.3. The van der Waals surface area contributed by atoms with Gasteiger partial charge in [0.25, 0.3) is 0 Å². The van der Waals surface area contributed by atoms with Crippen molar-refractivity contribution in [3.05, 3.63) is 29.8 Å². The van der Waals surface area contributed by atoms with E-state index in [9.17, 15) is 14.4 Å². The van der Waals surface area contributed by atoms with Crippen molar-refractivity contribution in [2.45, 2.75) is 19.9 Å². The van der Waals surface area contributed by atoms with Crippen LogP contribution in [0.4, 0.5) is 10.5 Å². The maximum Gasteiger partial charge on any atom is 0.411 e. The minimum atomic E-state index is -1.16. The number of nitrogens with one attached hydrogen (secondary N) is 2. The Bertz CT molecular complexity index is 498. The maximum atomic E-state index is 11.2. The zero-order valence-electron chi connectivity index (χ0n) is 11.2. The molecule has 1 aromatic rings. The van der Waals surface area contributed by atoms with E-state index >= 15 is 0 Å². The third-order valence-corrected chi connectivity index (χ3v) is 2.36. The van der Waals surface area contributed by atoms with Crippen molar-refractivity contribution in [1.82, 2.24) is 5.32 Å². The summed E-state index contributed by atoms with van der Waals surface area (Å²) in [6.07, 6.45) is -0.586. The van der Waals surface area contributed by atoms with Gasteiger partial charge in [0.2, 0.25) is 5.91 Å². The van der Waals surface area contributed by atoms with E-state index < -0.39 is 24.0 Å². The molecule has 0 unspecified atom stereocenters. The summed E-state index contributed by atoms with van der Waals surface area (Å²) in [5.74, 6) is -1.60. The van der Waals surface area contributed by atoms with Crippen LogP contribution in [0.5, 0.6) is 0 Å². The van der Waals surface area contributed by atoms with Crippen molar-refractivity contribution >= 4 is 23.7 Å². The number of aliphatic carboxylic acids is 1. The van der Waals surface area contributed by atoms with Gasteiger partial charge in [-0.3, -0.25) is 10.1 Å². The molecule has 3 N–H and O–H groups in total. The molecule has 0 saturated carbocycles. The number of carbonyl (C=O) groups excluding carboxylic acids is 2. The predicted octanol–water partition coefficient (Wildman–Crippen LogP) is 1.52. The second-order valence-corrected chi connectivity index (χ2v) is 3.94. The van der Waals surface area contributed by atoms with Crippen molar-refractivity contribution in [2.24, 2.45) is 0 Å². The smallest absolute Gasteiger partial charge is 0.411 e. The highest BCUT2D eigenvalue weighted by Crippen LogP contribution is 2.17. The molecular formula is C13H16N2O5. The number of carbonyl (C=O) groups is 3. The first kappa shape index (κ1) is 15.5. The molecule has 0 radical (unpaired) electrons. The summed E-state index contributed by atoms with van der Waals surface area (Å²) in [5, 5.41) is 13.9. The molecule has 0 saturated heterocycles. The molecule has 1 rings (SSSR count). The summed E-state index contributed by atoms with van der Waals surface area (Å²) in [5.41, 5.74) is 0.876. The van der Waals surface area contributed by atoms with Gasteiger partial charge >= 0.3 is 12.1 Å². The molecule has 0 bridgehead atoms. The van der Waals surface area contributed by atoms with E-state index in [0.717, 1.165) is 0 Å². The summed E-state index contributed by atoms with van der Waals surface area (Å²) < 4.78 is 4.71. The number of rotatable bonds is 5. The molecule has 20 heavy (non-hydrogen) atoms. The van der Waals surface area contributed by atoms with Crippen molar-refractivity contribution in [3.8, 4) is 0 Å². The molecular weight excluding hydrogens is 264 g/mol. The Balaban J connectivity index is 2.80. The summed E-state index contributed by atoms with van der Waals surface area (Å²) in [7, 11) is 0. The first-order chi connectivity index (χ1) is 9.43. The van der Waals surface area contributed by atoms with E-state index in [-0.39, 0.29) is 6.61 Å². The first-order valence-corrected chi connectivity index (χ1v) is 5.97. The minimum Gasteiger partial charge on any atom is -0.479 e. The summed E-state index contributed by atoms with van der Waals surface area (Å²) in [4.78, 5) is 33.2. The standard InChI is InChI=1S/C13H16N2O5/c1-3-20-13(19)15-10-6-4-9(5-7-10)11(12(17)18)14-8(2)16/h4-7,11H,3H2,1-2H3,(H,14,16)(H,15,19)(H,17,18)/t11-/m1/s1. The van der Waals surface area contributed by atoms with Gasteiger partial charge in [-0.1, -0.05) is 12.1 Å². The Kier molecular flexibility index (Phi) is 5.52. The highest BCUT2D eigenvalue weighted by Gasteiger charge is 2.20. The van der Waals surface area contributed by atoms with Gasteiger partial charge in [0.1, 0.15) is 0 Å². The van der Waals surface area contributed by atoms with Gasteiger partial charge in [-0.05, 0) is 24.6 Å². The highest BCUT2D eigenvalue weighted by molar-refractivity contribution is 5.85. The van der Waals surface area contributed by atoms with Crippen molar-refractivity contribution in [2.75, 3.05) is 11.9 Å². The third kappa shape index (κ3) is 4.60. The lowest BCUT2D eigenvalue weighted by Gasteiger charge is -2.14. The maximum absolute atomic E-state index is 11.2. The summed E-state index contributed by atoms with van der Waals surface area (Å²) in [6.45, 7) is 3.19. The van der Waals surface area contributed by atoms with Gasteiger partial charge in [-0.2, -0.15) is 0 Å². The second-order valence-electron chi connectivity index (χ2n) is 3.94. The molecule has 1 aromatic carbocycles. The molecule has 0 aromatic heterocycles. The quantitative estimate of drug-likeness (QED) is 0.758. The van der Waals surface area contributed by atoms with E-state index in [4.69, 9.17) is 9.84 Å². The van der Waals surface area contributed by atoms with Crippen LogP contribution >= 0.6 is 0 Å². The fourth-order valence-electron chi connectivity index (χ4n) is 1.53. The summed E-state index contributed by atoms with van der Waals surface area (Å²) >= 11 is 0. The SMILES string of the molecule is CCOC(=O)Nc1ccc([C@@H](NC(C)=O)C(=O)O)cc1. The zero-order valence-corrected chi connectivity index (χ0v) is 11.2. The van der Waals surface area contributed by atoms with E-state index in [1.807, 2.05) is 0 Å².